The first-order valence-electron chi connectivity index (χ1n) is 6.89. The largest absolute Gasteiger partial charge is 0.343 e. The molecule has 1 aliphatic carbocycles. The van der Waals surface area contributed by atoms with Crippen LogP contribution >= 0.6 is 0 Å². The van der Waals surface area contributed by atoms with E-state index in [1.54, 1.807) is 12.1 Å². The molecule has 20 heavy (non-hydrogen) atoms. The van der Waals surface area contributed by atoms with Crippen LogP contribution in [0.25, 0.3) is 0 Å². The molecule has 3 rings (SSSR count). The number of hydrogen-bond acceptors (Lipinski definition) is 3. The Labute approximate surface area is 118 Å². The van der Waals surface area contributed by atoms with E-state index >= 15 is 0 Å². The molecule has 3 nitrogen and oxygen atoms in total. The van der Waals surface area contributed by atoms with Gasteiger partial charge in [-0.05, 0) is 48.7 Å². The second-order valence-electron chi connectivity index (χ2n) is 5.19. The van der Waals surface area contributed by atoms with Crippen LogP contribution in [0.3, 0.4) is 0 Å². The topological polar surface area (TPSA) is 28.2 Å². The van der Waals surface area contributed by atoms with Crippen LogP contribution in [0.2, 0.25) is 0 Å². The van der Waals surface area contributed by atoms with Gasteiger partial charge in [-0.25, -0.2) is 4.39 Å². The summed E-state index contributed by atoms with van der Waals surface area (Å²) in [4.78, 5) is 6.25. The van der Waals surface area contributed by atoms with Crippen molar-refractivity contribution in [3.05, 3.63) is 54.1 Å². The van der Waals surface area contributed by atoms with Gasteiger partial charge in [-0.15, -0.1) is 0 Å². The third-order valence-electron chi connectivity index (χ3n) is 3.62. The number of benzene rings is 1. The molecule has 0 radical (unpaired) electrons. The molecule has 1 aromatic carbocycles. The summed E-state index contributed by atoms with van der Waals surface area (Å²) in [5.74, 6) is -0.219. The number of rotatable bonds is 5. The van der Waals surface area contributed by atoms with Crippen LogP contribution in [0, 0.1) is 5.82 Å². The highest BCUT2D eigenvalue weighted by molar-refractivity contribution is 5.64. The lowest BCUT2D eigenvalue weighted by Gasteiger charge is -2.22. The fourth-order valence-electron chi connectivity index (χ4n) is 2.21. The first kappa shape index (κ1) is 13.1. The van der Waals surface area contributed by atoms with Crippen molar-refractivity contribution in [3.63, 3.8) is 0 Å². The van der Waals surface area contributed by atoms with Crippen LogP contribution in [0.15, 0.2) is 42.7 Å². The molecular weight excluding hydrogens is 253 g/mol. The first-order valence-corrected chi connectivity index (χ1v) is 6.89. The summed E-state index contributed by atoms with van der Waals surface area (Å²) in [6, 6.07) is 9.22. The van der Waals surface area contributed by atoms with Crippen LogP contribution in [0.4, 0.5) is 15.8 Å². The van der Waals surface area contributed by atoms with Gasteiger partial charge in [0.2, 0.25) is 0 Å². The molecule has 0 atom stereocenters. The Kier molecular flexibility index (Phi) is 3.65. The van der Waals surface area contributed by atoms with E-state index in [-0.39, 0.29) is 5.82 Å². The minimum Gasteiger partial charge on any atom is -0.343 e. The maximum Gasteiger partial charge on any atom is 0.123 e. The fraction of sp³-hybridized carbons (Fsp3) is 0.312. The van der Waals surface area contributed by atoms with Gasteiger partial charge in [-0.3, -0.25) is 4.98 Å². The van der Waals surface area contributed by atoms with Gasteiger partial charge in [-0.2, -0.15) is 0 Å². The Balaban J connectivity index is 1.82. The SMILES string of the molecule is CN(c1ccc(F)cc1)c1cnccc1CNC1CC1. The van der Waals surface area contributed by atoms with Crippen molar-refractivity contribution in [1.29, 1.82) is 0 Å². The molecule has 0 bridgehead atoms. The molecule has 1 aliphatic rings. The zero-order valence-electron chi connectivity index (χ0n) is 11.5. The number of nitrogens with zero attached hydrogens (tertiary/aromatic N) is 2. The van der Waals surface area contributed by atoms with E-state index in [1.165, 1.54) is 30.5 Å². The summed E-state index contributed by atoms with van der Waals surface area (Å²) in [5.41, 5.74) is 3.21. The van der Waals surface area contributed by atoms with Crippen molar-refractivity contribution in [2.45, 2.75) is 25.4 Å². The normalized spacial score (nSPS) is 14.3. The van der Waals surface area contributed by atoms with Crippen molar-refractivity contribution < 1.29 is 4.39 Å². The van der Waals surface area contributed by atoms with Crippen molar-refractivity contribution >= 4 is 11.4 Å². The monoisotopic (exact) mass is 271 g/mol. The number of hydrogen-bond donors (Lipinski definition) is 1. The maximum atomic E-state index is 13.0. The van der Waals surface area contributed by atoms with Gasteiger partial charge in [0.25, 0.3) is 0 Å². The highest BCUT2D eigenvalue weighted by Gasteiger charge is 2.20. The second-order valence-corrected chi connectivity index (χ2v) is 5.19. The third-order valence-corrected chi connectivity index (χ3v) is 3.62. The Morgan fingerprint density at radius 1 is 1.25 bits per heavy atom. The first-order chi connectivity index (χ1) is 9.74. The summed E-state index contributed by atoms with van der Waals surface area (Å²) >= 11 is 0. The Morgan fingerprint density at radius 2 is 2.00 bits per heavy atom. The highest BCUT2D eigenvalue weighted by atomic mass is 19.1. The van der Waals surface area contributed by atoms with Crippen molar-refractivity contribution in [1.82, 2.24) is 10.3 Å². The van der Waals surface area contributed by atoms with Crippen molar-refractivity contribution in [2.24, 2.45) is 0 Å². The fourth-order valence-corrected chi connectivity index (χ4v) is 2.21. The van der Waals surface area contributed by atoms with E-state index in [1.807, 2.05) is 30.4 Å². The zero-order chi connectivity index (χ0) is 13.9. The maximum absolute atomic E-state index is 13.0. The van der Waals surface area contributed by atoms with E-state index < -0.39 is 0 Å². The van der Waals surface area contributed by atoms with Gasteiger partial charge in [0.1, 0.15) is 5.82 Å². The summed E-state index contributed by atoms with van der Waals surface area (Å²) in [6.45, 7) is 0.841. The highest BCUT2D eigenvalue weighted by Crippen LogP contribution is 2.27. The molecule has 1 fully saturated rings. The van der Waals surface area contributed by atoms with Crippen LogP contribution in [0.1, 0.15) is 18.4 Å². The Bertz CT molecular complexity index is 579. The smallest absolute Gasteiger partial charge is 0.123 e. The quantitative estimate of drug-likeness (QED) is 0.905. The predicted molar refractivity (Wildman–Crippen MR) is 78.6 cm³/mol. The Hall–Kier alpha value is -1.94. The van der Waals surface area contributed by atoms with E-state index in [4.69, 9.17) is 0 Å². The van der Waals surface area contributed by atoms with Crippen LogP contribution in [-0.2, 0) is 6.54 Å². The molecule has 1 heterocycles. The predicted octanol–water partition coefficient (Wildman–Crippen LogP) is 3.24. The molecule has 0 aliphatic heterocycles. The van der Waals surface area contributed by atoms with Crippen molar-refractivity contribution in [2.75, 3.05) is 11.9 Å². The minimum atomic E-state index is -0.219. The minimum absolute atomic E-state index is 0.219. The van der Waals surface area contributed by atoms with Gasteiger partial charge in [-0.1, -0.05) is 0 Å². The van der Waals surface area contributed by atoms with Crippen molar-refractivity contribution in [3.8, 4) is 0 Å². The van der Waals surface area contributed by atoms with Gasteiger partial charge in [0.05, 0.1) is 11.9 Å². The summed E-state index contributed by atoms with van der Waals surface area (Å²) in [5, 5.41) is 3.51. The lowest BCUT2D eigenvalue weighted by atomic mass is 10.2. The summed E-state index contributed by atoms with van der Waals surface area (Å²) in [6.07, 6.45) is 6.21. The number of pyridine rings is 1. The van der Waals surface area contributed by atoms with E-state index in [0.29, 0.717) is 6.04 Å². The molecule has 2 aromatic rings. The number of halogens is 1. The molecule has 0 saturated heterocycles. The molecule has 0 amide bonds. The Morgan fingerprint density at radius 3 is 2.70 bits per heavy atom. The van der Waals surface area contributed by atoms with Gasteiger partial charge >= 0.3 is 0 Å². The molecule has 1 aromatic heterocycles. The molecule has 4 heteroatoms. The average molecular weight is 271 g/mol. The molecule has 0 unspecified atom stereocenters. The van der Waals surface area contributed by atoms with Crippen LogP contribution < -0.4 is 10.2 Å². The third kappa shape index (κ3) is 2.96. The van der Waals surface area contributed by atoms with Gasteiger partial charge < -0.3 is 10.2 Å². The lowest BCUT2D eigenvalue weighted by Crippen LogP contribution is -2.19. The number of aromatic nitrogens is 1. The molecule has 1 N–H and O–H groups in total. The molecule has 104 valence electrons. The zero-order valence-corrected chi connectivity index (χ0v) is 11.5. The van der Waals surface area contributed by atoms with Crippen LogP contribution in [0.5, 0.6) is 0 Å². The van der Waals surface area contributed by atoms with Gasteiger partial charge in [0.15, 0.2) is 0 Å². The average Bonchev–Trinajstić information content (AvgIpc) is 3.30. The van der Waals surface area contributed by atoms with Gasteiger partial charge in [0, 0.05) is 31.5 Å². The van der Waals surface area contributed by atoms with Crippen LogP contribution in [-0.4, -0.2) is 18.1 Å². The van der Waals surface area contributed by atoms with E-state index in [9.17, 15) is 4.39 Å². The lowest BCUT2D eigenvalue weighted by molar-refractivity contribution is 0.628. The standard InChI is InChI=1S/C16H18FN3/c1-20(15-6-2-13(17)3-7-15)16-11-18-9-8-12(16)10-19-14-4-5-14/h2-3,6-9,11,14,19H,4-5,10H2,1H3. The summed E-state index contributed by atoms with van der Waals surface area (Å²) < 4.78 is 13.0. The molecular formula is C16H18FN3. The second kappa shape index (κ2) is 5.59. The molecule has 1 saturated carbocycles. The molecule has 0 spiro atoms. The summed E-state index contributed by atoms with van der Waals surface area (Å²) in [7, 11) is 1.98. The van der Waals surface area contributed by atoms with E-state index in [2.05, 4.69) is 10.3 Å². The van der Waals surface area contributed by atoms with E-state index in [0.717, 1.165) is 17.9 Å². The number of anilines is 2. The number of nitrogens with one attached hydrogen (secondary N) is 1.